The summed E-state index contributed by atoms with van der Waals surface area (Å²) in [6.07, 6.45) is 105. The Labute approximate surface area is 677 Å². The molecule has 0 aromatic heterocycles. The van der Waals surface area contributed by atoms with Crippen molar-refractivity contribution in [2.24, 2.45) is 0 Å². The molecule has 0 saturated heterocycles. The minimum Gasteiger partial charge on any atom is -0.462 e. The molecule has 0 aliphatic carbocycles. The average Bonchev–Trinajstić information content (AvgIpc) is 0.907. The highest BCUT2D eigenvalue weighted by Crippen LogP contribution is 2.45. The minimum atomic E-state index is -5.03. The number of rotatable bonds is 76. The number of aliphatic hydroxyl groups excluding tert-OH is 1. The van der Waals surface area contributed by atoms with Crippen LogP contribution < -0.4 is 0 Å². The zero-order valence-corrected chi connectivity index (χ0v) is 70.8. The molecular weight excluding hydrogens is 1450 g/mol. The van der Waals surface area contributed by atoms with Gasteiger partial charge in [0.25, 0.3) is 0 Å². The Kier molecular flexibility index (Phi) is 77.5. The molecule has 0 saturated carbocycles. The Morgan fingerprint density at radius 2 is 0.482 bits per heavy atom. The van der Waals surface area contributed by atoms with Gasteiger partial charge in [-0.3, -0.25) is 37.3 Å². The van der Waals surface area contributed by atoms with Gasteiger partial charge in [-0.25, -0.2) is 9.13 Å². The van der Waals surface area contributed by atoms with Gasteiger partial charge in [-0.1, -0.05) is 291 Å². The Bertz CT molecular complexity index is 2990. The third-order valence-electron chi connectivity index (χ3n) is 16.4. The molecule has 0 amide bonds. The van der Waals surface area contributed by atoms with Gasteiger partial charge < -0.3 is 33.8 Å². The van der Waals surface area contributed by atoms with E-state index < -0.39 is 97.5 Å². The number of phosphoric ester groups is 2. The van der Waals surface area contributed by atoms with Crippen LogP contribution in [-0.4, -0.2) is 96.7 Å². The van der Waals surface area contributed by atoms with Crippen molar-refractivity contribution in [3.05, 3.63) is 219 Å². The molecule has 0 aromatic rings. The lowest BCUT2D eigenvalue weighted by molar-refractivity contribution is -0.161. The predicted molar refractivity (Wildman–Crippen MR) is 463 cm³/mol. The summed E-state index contributed by atoms with van der Waals surface area (Å²) >= 11 is 0. The van der Waals surface area contributed by atoms with E-state index in [4.69, 9.17) is 37.0 Å². The van der Waals surface area contributed by atoms with Crippen molar-refractivity contribution in [3.8, 4) is 0 Å². The van der Waals surface area contributed by atoms with E-state index >= 15 is 0 Å². The molecule has 0 aliphatic rings. The number of hydrogen-bond acceptors (Lipinski definition) is 15. The number of allylic oxidation sites excluding steroid dienone is 36. The number of ether oxygens (including phenoxy) is 4. The Hall–Kier alpha value is -6.62. The van der Waals surface area contributed by atoms with Crippen LogP contribution in [0, 0.1) is 0 Å². The fourth-order valence-electron chi connectivity index (χ4n) is 10.2. The third kappa shape index (κ3) is 81.4. The molecule has 17 nitrogen and oxygen atoms in total. The van der Waals surface area contributed by atoms with E-state index in [2.05, 4.69) is 228 Å². The SMILES string of the molecule is CC/C=C\C/C=C\C/C=C\C/C=C\C/C=C\C/C=C\CCC(=O)O[C@H](COC(=O)CCCCC/C=C\C/C=C\C/C=C\C/C=C\C/C=C\CC)COP(=O)(O)OC[C@@H](O)COP(=O)(O)OC[C@@H](COC(=O)CCCCCCC/C=C\C/C=C\CCCCC)OC(=O)CCCCC/C=C\C/C=C\C/C=C\C/C=C\C/C=C\CC. The fourth-order valence-corrected chi connectivity index (χ4v) is 11.7. The topological polar surface area (TPSA) is 237 Å². The number of carbonyl (C=O) groups excluding carboxylic acids is 4. The van der Waals surface area contributed by atoms with Crippen molar-refractivity contribution in [2.45, 2.75) is 303 Å². The second-order valence-electron chi connectivity index (χ2n) is 26.9. The molecule has 0 bridgehead atoms. The van der Waals surface area contributed by atoms with Gasteiger partial charge in [-0.05, 0) is 186 Å². The van der Waals surface area contributed by atoms with Crippen LogP contribution in [0.4, 0.5) is 0 Å². The molecule has 0 aromatic carbocycles. The Balaban J connectivity index is 5.57. The van der Waals surface area contributed by atoms with Crippen LogP contribution in [0.1, 0.15) is 285 Å². The zero-order valence-electron chi connectivity index (χ0n) is 69.0. The van der Waals surface area contributed by atoms with Crippen LogP contribution in [0.2, 0.25) is 0 Å². The van der Waals surface area contributed by atoms with Crippen molar-refractivity contribution in [3.63, 3.8) is 0 Å². The van der Waals surface area contributed by atoms with Gasteiger partial charge in [0.15, 0.2) is 12.2 Å². The van der Waals surface area contributed by atoms with Crippen molar-refractivity contribution < 1.29 is 80.2 Å². The summed E-state index contributed by atoms with van der Waals surface area (Å²) in [6, 6.07) is 0. The fraction of sp³-hybridized carbons (Fsp3) is 0.570. The standard InChI is InChI=1S/C93H146O17P2/c1-5-9-13-17-21-25-29-33-37-40-43-46-50-54-58-62-66-70-74-78-91(96)104-84-89(110-93(98)80-76-72-68-64-60-56-52-48-45-42-39-35-31-27-23-19-15-11-7-3)86-108-112(101,102)106-82-87(94)81-105-111(99,100)107-85-88(83-103-90(95)77-73-69-65-61-57-53-49-36-32-28-24-20-16-12-8-4)109-92(97)79-75-71-67-63-59-55-51-47-44-41-38-34-30-26-22-18-14-10-6-2/h9-11,13-15,21-28,33-39,43-49,54-56,58-60,68,72,87-89,94H,5-8,12,16-20,29-32,40-42,50-53,57,61-67,69-71,73-86H2,1-4H3,(H,99,100)(H,101,102)/b13-9-,14-10-,15-11-,25-21-,26-22-,27-23-,28-24-,37-33-,38-34-,39-35-,46-43-,47-44-,48-45-,49-36-,58-54-,59-55-,60-56-,72-68-/t87-,88+,89+/m0/s1. The third-order valence-corrected chi connectivity index (χ3v) is 18.3. The quantitative estimate of drug-likeness (QED) is 0.0169. The summed E-state index contributed by atoms with van der Waals surface area (Å²) in [5.41, 5.74) is 0. The summed E-state index contributed by atoms with van der Waals surface area (Å²) in [7, 11) is -10.0. The van der Waals surface area contributed by atoms with Gasteiger partial charge in [-0.15, -0.1) is 0 Å². The highest BCUT2D eigenvalue weighted by atomic mass is 31.2. The number of aliphatic hydroxyl groups is 1. The highest BCUT2D eigenvalue weighted by Gasteiger charge is 2.30. The largest absolute Gasteiger partial charge is 0.472 e. The molecule has 0 heterocycles. The van der Waals surface area contributed by atoms with Gasteiger partial charge in [0.2, 0.25) is 0 Å². The summed E-state index contributed by atoms with van der Waals surface area (Å²) in [6.45, 7) is 4.30. The van der Waals surface area contributed by atoms with Crippen molar-refractivity contribution in [1.29, 1.82) is 0 Å². The van der Waals surface area contributed by atoms with E-state index in [9.17, 15) is 43.2 Å². The van der Waals surface area contributed by atoms with Crippen LogP contribution in [0.3, 0.4) is 0 Å². The summed E-state index contributed by atoms with van der Waals surface area (Å²) in [4.78, 5) is 73.2. The number of esters is 4. The maximum atomic E-state index is 13.1. The molecule has 3 N–H and O–H groups in total. The molecule has 630 valence electrons. The smallest absolute Gasteiger partial charge is 0.462 e. The number of unbranched alkanes of at least 4 members (excludes halogenated alkanes) is 14. The van der Waals surface area contributed by atoms with Gasteiger partial charge in [-0.2, -0.15) is 0 Å². The normalized spacial score (nSPS) is 14.9. The molecule has 0 rings (SSSR count). The van der Waals surface area contributed by atoms with E-state index in [-0.39, 0.29) is 25.7 Å². The number of hydrogen-bond donors (Lipinski definition) is 3. The van der Waals surface area contributed by atoms with Crippen LogP contribution >= 0.6 is 15.6 Å². The molecule has 112 heavy (non-hydrogen) atoms. The zero-order chi connectivity index (χ0) is 81.7. The second-order valence-corrected chi connectivity index (χ2v) is 29.8. The first kappa shape index (κ1) is 105. The predicted octanol–water partition coefficient (Wildman–Crippen LogP) is 25.2. The lowest BCUT2D eigenvalue weighted by Crippen LogP contribution is -2.30. The number of carbonyl (C=O) groups is 4. The molecular formula is C93H146O17P2. The van der Waals surface area contributed by atoms with Gasteiger partial charge >= 0.3 is 39.5 Å². The van der Waals surface area contributed by atoms with E-state index in [0.717, 1.165) is 180 Å². The molecule has 2 unspecified atom stereocenters. The van der Waals surface area contributed by atoms with Crippen molar-refractivity contribution in [1.82, 2.24) is 0 Å². The van der Waals surface area contributed by atoms with Crippen molar-refractivity contribution in [2.75, 3.05) is 39.6 Å². The van der Waals surface area contributed by atoms with Crippen LogP contribution in [-0.2, 0) is 65.4 Å². The molecule has 0 radical (unpaired) electrons. The van der Waals surface area contributed by atoms with E-state index in [1.54, 1.807) is 0 Å². The van der Waals surface area contributed by atoms with Gasteiger partial charge in [0.1, 0.15) is 19.3 Å². The molecule has 0 fully saturated rings. The Morgan fingerprint density at radius 1 is 0.259 bits per heavy atom. The summed E-state index contributed by atoms with van der Waals surface area (Å²) in [5, 5.41) is 10.7. The summed E-state index contributed by atoms with van der Waals surface area (Å²) < 4.78 is 68.6. The van der Waals surface area contributed by atoms with Gasteiger partial charge in [0.05, 0.1) is 26.4 Å². The van der Waals surface area contributed by atoms with E-state index in [0.29, 0.717) is 32.1 Å². The lowest BCUT2D eigenvalue weighted by Gasteiger charge is -2.21. The minimum absolute atomic E-state index is 0.0410. The summed E-state index contributed by atoms with van der Waals surface area (Å²) in [5.74, 6) is -2.39. The van der Waals surface area contributed by atoms with E-state index in [1.807, 2.05) is 18.2 Å². The van der Waals surface area contributed by atoms with Gasteiger partial charge in [0, 0.05) is 25.7 Å². The first-order chi connectivity index (χ1) is 54.7. The van der Waals surface area contributed by atoms with Crippen molar-refractivity contribution >= 4 is 39.5 Å². The monoisotopic (exact) mass is 1600 g/mol. The Morgan fingerprint density at radius 3 is 0.777 bits per heavy atom. The lowest BCUT2D eigenvalue weighted by atomic mass is 10.1. The molecule has 19 heteroatoms. The second kappa shape index (κ2) is 82.4. The number of phosphoric acid groups is 2. The average molecular weight is 1600 g/mol. The van der Waals surface area contributed by atoms with Crippen LogP contribution in [0.5, 0.6) is 0 Å². The van der Waals surface area contributed by atoms with E-state index in [1.165, 1.54) is 19.3 Å². The first-order valence-corrected chi connectivity index (χ1v) is 45.0. The maximum Gasteiger partial charge on any atom is 0.472 e. The molecule has 0 aliphatic heterocycles. The van der Waals surface area contributed by atoms with Crippen LogP contribution in [0.15, 0.2) is 219 Å². The molecule has 0 spiro atoms. The molecule has 5 atom stereocenters. The first-order valence-electron chi connectivity index (χ1n) is 42.0. The van der Waals surface area contributed by atoms with Crippen LogP contribution in [0.25, 0.3) is 0 Å². The maximum absolute atomic E-state index is 13.1. The highest BCUT2D eigenvalue weighted by molar-refractivity contribution is 7.47.